The number of carbonyl (C=O) groups is 1. The number of sulfonamides is 1. The molecule has 0 saturated carbocycles. The van der Waals surface area contributed by atoms with Crippen molar-refractivity contribution in [3.05, 3.63) is 78.0 Å². The van der Waals surface area contributed by atoms with E-state index < -0.39 is 47.3 Å². The van der Waals surface area contributed by atoms with E-state index in [1.807, 2.05) is 49.3 Å². The molecule has 0 bridgehead atoms. The number of sulfone groups is 1. The van der Waals surface area contributed by atoms with Gasteiger partial charge < -0.3 is 19.9 Å². The smallest absolute Gasteiger partial charge is 0.415 e. The van der Waals surface area contributed by atoms with Gasteiger partial charge in [0.25, 0.3) is 19.9 Å². The van der Waals surface area contributed by atoms with Crippen molar-refractivity contribution in [2.45, 2.75) is 59.5 Å². The molecule has 0 fully saturated rings. The third kappa shape index (κ3) is 9.64. The zero-order valence-electron chi connectivity index (χ0n) is 27.2. The molecule has 3 aromatic rings. The number of rotatable bonds is 13. The molecule has 2 N–H and O–H groups in total. The number of carbonyl (C=O) groups excluding carboxylic acids is 1. The first-order valence-electron chi connectivity index (χ1n) is 15.0. The van der Waals surface area contributed by atoms with Gasteiger partial charge in [0.05, 0.1) is 22.8 Å². The van der Waals surface area contributed by atoms with Gasteiger partial charge in [-0.2, -0.15) is 13.2 Å². The molecule has 2 heterocycles. The van der Waals surface area contributed by atoms with Gasteiger partial charge in [0.15, 0.2) is 0 Å². The van der Waals surface area contributed by atoms with Crippen LogP contribution in [0, 0.1) is 0 Å². The van der Waals surface area contributed by atoms with Gasteiger partial charge in [-0.1, -0.05) is 18.2 Å². The predicted octanol–water partition coefficient (Wildman–Crippen LogP) is 5.51. The SMILES string of the molecule is C/C=C(\C)OC(=O)N1CCc2c(ncnc2NS(=O)(=O)c2ccc(N[C@H](CCN(C)C)CSc3ccccc3)c(S(=O)(=O)C(F)(F)F)c2)C1. The van der Waals surface area contributed by atoms with Crippen LogP contribution >= 0.6 is 11.8 Å². The third-order valence-electron chi connectivity index (χ3n) is 7.49. The number of alkyl halides is 3. The van der Waals surface area contributed by atoms with Gasteiger partial charge >= 0.3 is 11.6 Å². The standard InChI is InChI=1S/C31H37F3N6O6S3/c1-5-21(2)46-30(41)40-16-14-25-27(18-40)35-20-36-29(25)38-49(44,45)24-11-12-26(28(17-24)48(42,43)31(32,33)34)37-22(13-15-39(3)4)19-47-23-9-7-6-8-10-23/h5-12,17,20,22,37H,13-16,18-19H2,1-4H3,(H,35,36,38)/b21-5+/t22-/m1/s1. The first-order chi connectivity index (χ1) is 23.0. The molecular weight excluding hydrogens is 706 g/mol. The van der Waals surface area contributed by atoms with Gasteiger partial charge in [0.1, 0.15) is 22.8 Å². The summed E-state index contributed by atoms with van der Waals surface area (Å²) < 4.78 is 102. The maximum atomic E-state index is 14.0. The van der Waals surface area contributed by atoms with Crippen LogP contribution in [-0.4, -0.2) is 87.2 Å². The minimum atomic E-state index is -6.00. The number of thioether (sulfide) groups is 1. The Kier molecular flexibility index (Phi) is 12.2. The Morgan fingerprint density at radius 3 is 2.49 bits per heavy atom. The summed E-state index contributed by atoms with van der Waals surface area (Å²) in [6.07, 6.45) is 2.67. The lowest BCUT2D eigenvalue weighted by Crippen LogP contribution is -2.37. The molecule has 12 nitrogen and oxygen atoms in total. The minimum Gasteiger partial charge on any atom is -0.415 e. The van der Waals surface area contributed by atoms with Crippen LogP contribution in [0.15, 0.2) is 81.4 Å². The van der Waals surface area contributed by atoms with Gasteiger partial charge in [0.2, 0.25) is 0 Å². The van der Waals surface area contributed by atoms with E-state index in [-0.39, 0.29) is 31.0 Å². The molecule has 2 aromatic carbocycles. The highest BCUT2D eigenvalue weighted by Crippen LogP contribution is 2.37. The van der Waals surface area contributed by atoms with Gasteiger partial charge in [-0.25, -0.2) is 31.6 Å². The summed E-state index contributed by atoms with van der Waals surface area (Å²) >= 11 is 1.44. The Bertz CT molecular complexity index is 1890. The zero-order valence-corrected chi connectivity index (χ0v) is 29.6. The van der Waals surface area contributed by atoms with Crippen molar-refractivity contribution < 1.29 is 39.5 Å². The topological polar surface area (TPSA) is 151 Å². The van der Waals surface area contributed by atoms with Crippen LogP contribution in [0.4, 0.5) is 29.5 Å². The van der Waals surface area contributed by atoms with Gasteiger partial charge in [-0.05, 0) is 83.7 Å². The normalized spacial score (nSPS) is 14.7. The van der Waals surface area contributed by atoms with Crippen molar-refractivity contribution in [3.63, 3.8) is 0 Å². The lowest BCUT2D eigenvalue weighted by Gasteiger charge is -2.28. The fourth-order valence-corrected chi connectivity index (χ4v) is 7.81. The van der Waals surface area contributed by atoms with Crippen LogP contribution in [0.5, 0.6) is 0 Å². The van der Waals surface area contributed by atoms with E-state index >= 15 is 0 Å². The number of aromatic nitrogens is 2. The first-order valence-corrected chi connectivity index (χ1v) is 19.0. The highest BCUT2D eigenvalue weighted by Gasteiger charge is 2.48. The summed E-state index contributed by atoms with van der Waals surface area (Å²) in [6, 6.07) is 11.4. The number of benzene rings is 2. The molecule has 0 aliphatic carbocycles. The van der Waals surface area contributed by atoms with Crippen LogP contribution < -0.4 is 10.0 Å². The van der Waals surface area contributed by atoms with Crippen molar-refractivity contribution in [1.29, 1.82) is 0 Å². The Labute approximate surface area is 288 Å². The molecule has 4 rings (SSSR count). The van der Waals surface area contributed by atoms with Crippen LogP contribution in [-0.2, 0) is 37.6 Å². The van der Waals surface area contributed by atoms with E-state index in [0.29, 0.717) is 41.8 Å². The van der Waals surface area contributed by atoms with Crippen molar-refractivity contribution in [2.24, 2.45) is 0 Å². The number of halogens is 3. The van der Waals surface area contributed by atoms with Crippen molar-refractivity contribution >= 4 is 49.2 Å². The molecule has 0 spiro atoms. The number of fused-ring (bicyclic) bond motifs is 1. The molecule has 1 atom stereocenters. The summed E-state index contributed by atoms with van der Waals surface area (Å²) in [6.45, 7) is 4.02. The summed E-state index contributed by atoms with van der Waals surface area (Å²) in [7, 11) is -6.99. The number of ether oxygens (including phenoxy) is 1. The van der Waals surface area contributed by atoms with E-state index in [4.69, 9.17) is 4.74 Å². The Hall–Kier alpha value is -3.87. The maximum Gasteiger partial charge on any atom is 0.501 e. The van der Waals surface area contributed by atoms with E-state index in [0.717, 1.165) is 23.4 Å². The largest absolute Gasteiger partial charge is 0.501 e. The fourth-order valence-electron chi connectivity index (χ4n) is 4.73. The van der Waals surface area contributed by atoms with Gasteiger partial charge in [0, 0.05) is 28.8 Å². The lowest BCUT2D eigenvalue weighted by atomic mass is 10.1. The predicted molar refractivity (Wildman–Crippen MR) is 180 cm³/mol. The second kappa shape index (κ2) is 15.8. The number of hydrogen-bond acceptors (Lipinski definition) is 11. The third-order valence-corrected chi connectivity index (χ3v) is 11.5. The van der Waals surface area contributed by atoms with E-state index in [9.17, 15) is 34.8 Å². The number of anilines is 2. The molecular formula is C31H37F3N6O6S3. The number of nitrogens with one attached hydrogen (secondary N) is 2. The van der Waals surface area contributed by atoms with Crippen molar-refractivity contribution in [2.75, 3.05) is 43.0 Å². The molecule has 1 aliphatic rings. The van der Waals surface area contributed by atoms with E-state index in [2.05, 4.69) is 20.0 Å². The second-order valence-corrected chi connectivity index (χ2v) is 16.0. The first kappa shape index (κ1) is 37.9. The molecule has 18 heteroatoms. The molecule has 1 aliphatic heterocycles. The Balaban J connectivity index is 1.65. The number of amides is 1. The molecule has 1 amide bonds. The monoisotopic (exact) mass is 742 g/mol. The molecule has 0 radical (unpaired) electrons. The molecule has 0 saturated heterocycles. The summed E-state index contributed by atoms with van der Waals surface area (Å²) in [5.41, 5.74) is -5.38. The van der Waals surface area contributed by atoms with Crippen molar-refractivity contribution in [1.82, 2.24) is 19.8 Å². The summed E-state index contributed by atoms with van der Waals surface area (Å²) in [5, 5.41) is 2.94. The van der Waals surface area contributed by atoms with Crippen molar-refractivity contribution in [3.8, 4) is 0 Å². The van der Waals surface area contributed by atoms with Crippen LogP contribution in [0.2, 0.25) is 0 Å². The Morgan fingerprint density at radius 2 is 1.84 bits per heavy atom. The lowest BCUT2D eigenvalue weighted by molar-refractivity contribution is -0.0435. The maximum absolute atomic E-state index is 14.0. The minimum absolute atomic E-state index is 0.00566. The summed E-state index contributed by atoms with van der Waals surface area (Å²) in [5.74, 6) is 0.635. The molecule has 266 valence electrons. The average Bonchev–Trinajstić information content (AvgIpc) is 3.05. The molecule has 0 unspecified atom stereocenters. The van der Waals surface area contributed by atoms with Crippen LogP contribution in [0.3, 0.4) is 0 Å². The number of nitrogens with zero attached hydrogens (tertiary/aromatic N) is 4. The number of hydrogen-bond donors (Lipinski definition) is 2. The van der Waals surface area contributed by atoms with Crippen LogP contribution in [0.1, 0.15) is 31.5 Å². The van der Waals surface area contributed by atoms with E-state index in [1.54, 1.807) is 19.9 Å². The van der Waals surface area contributed by atoms with Gasteiger partial charge in [-0.15, -0.1) is 11.8 Å². The quantitative estimate of drug-likeness (QED) is 0.169. The average molecular weight is 743 g/mol. The highest BCUT2D eigenvalue weighted by atomic mass is 32.2. The highest BCUT2D eigenvalue weighted by molar-refractivity contribution is 7.99. The molecule has 1 aromatic heterocycles. The van der Waals surface area contributed by atoms with Gasteiger partial charge in [-0.3, -0.25) is 4.72 Å². The molecule has 49 heavy (non-hydrogen) atoms. The zero-order chi connectivity index (χ0) is 36.0. The second-order valence-electron chi connectivity index (χ2n) is 11.4. The van der Waals surface area contributed by atoms with E-state index in [1.165, 1.54) is 16.7 Å². The fraction of sp³-hybridized carbons (Fsp3) is 0.387. The summed E-state index contributed by atoms with van der Waals surface area (Å²) in [4.78, 5) is 22.9. The van der Waals surface area contributed by atoms with Crippen LogP contribution in [0.25, 0.3) is 0 Å². The number of allylic oxidation sites excluding steroid dienone is 2. The Morgan fingerprint density at radius 1 is 1.12 bits per heavy atom.